The van der Waals surface area contributed by atoms with Crippen molar-refractivity contribution >= 4 is 28.9 Å². The van der Waals surface area contributed by atoms with Crippen molar-refractivity contribution in [3.8, 4) is 5.75 Å². The van der Waals surface area contributed by atoms with E-state index < -0.39 is 10.8 Å². The van der Waals surface area contributed by atoms with Gasteiger partial charge in [0.15, 0.2) is 0 Å². The van der Waals surface area contributed by atoms with Gasteiger partial charge in [-0.2, -0.15) is 0 Å². The topological polar surface area (TPSA) is 92.5 Å². The summed E-state index contributed by atoms with van der Waals surface area (Å²) in [6.07, 6.45) is 0. The first-order valence-corrected chi connectivity index (χ1v) is 6.31. The molecule has 0 aromatic heterocycles. The first kappa shape index (κ1) is 14.8. The number of aromatic hydroxyl groups is 1. The number of nitrogens with one attached hydrogen (secondary N) is 1. The zero-order valence-electron chi connectivity index (χ0n) is 11.0. The summed E-state index contributed by atoms with van der Waals surface area (Å²) in [6, 6.07) is 8.43. The van der Waals surface area contributed by atoms with Gasteiger partial charge in [-0.25, -0.2) is 0 Å². The van der Waals surface area contributed by atoms with E-state index >= 15 is 0 Å². The molecule has 0 fully saturated rings. The second kappa shape index (κ2) is 5.80. The predicted molar refractivity (Wildman–Crippen MR) is 78.9 cm³/mol. The Labute approximate surface area is 125 Å². The van der Waals surface area contributed by atoms with Crippen LogP contribution in [0.5, 0.6) is 5.75 Å². The number of phenolic OH excluding ortho intramolecular Hbond substituents is 1. The van der Waals surface area contributed by atoms with Crippen molar-refractivity contribution in [2.24, 2.45) is 0 Å². The summed E-state index contributed by atoms with van der Waals surface area (Å²) >= 11 is 5.74. The number of amides is 1. The summed E-state index contributed by atoms with van der Waals surface area (Å²) in [5.74, 6) is -0.597. The maximum Gasteiger partial charge on any atom is 0.273 e. The van der Waals surface area contributed by atoms with Gasteiger partial charge in [0.1, 0.15) is 5.75 Å². The van der Waals surface area contributed by atoms with Crippen LogP contribution in [0.25, 0.3) is 0 Å². The summed E-state index contributed by atoms with van der Waals surface area (Å²) < 4.78 is 0. The van der Waals surface area contributed by atoms with Crippen LogP contribution in [0.4, 0.5) is 11.4 Å². The van der Waals surface area contributed by atoms with E-state index in [0.29, 0.717) is 11.3 Å². The van der Waals surface area contributed by atoms with Gasteiger partial charge >= 0.3 is 0 Å². The minimum absolute atomic E-state index is 0.0966. The lowest BCUT2D eigenvalue weighted by Gasteiger charge is -2.07. The highest BCUT2D eigenvalue weighted by molar-refractivity contribution is 6.32. The van der Waals surface area contributed by atoms with Crippen molar-refractivity contribution < 1.29 is 14.8 Å². The van der Waals surface area contributed by atoms with Gasteiger partial charge in [0, 0.05) is 22.9 Å². The number of carbonyl (C=O) groups is 1. The van der Waals surface area contributed by atoms with Gasteiger partial charge in [-0.15, -0.1) is 0 Å². The number of hydrogen-bond acceptors (Lipinski definition) is 4. The second-order valence-electron chi connectivity index (χ2n) is 4.38. The summed E-state index contributed by atoms with van der Waals surface area (Å²) in [4.78, 5) is 22.4. The summed E-state index contributed by atoms with van der Waals surface area (Å²) in [5.41, 5.74) is 0.901. The molecule has 7 heteroatoms. The van der Waals surface area contributed by atoms with E-state index in [4.69, 9.17) is 11.6 Å². The normalized spacial score (nSPS) is 10.2. The molecule has 0 bridgehead atoms. The minimum Gasteiger partial charge on any atom is -0.506 e. The average Bonchev–Trinajstić information content (AvgIpc) is 2.43. The number of phenols is 1. The van der Waals surface area contributed by atoms with Gasteiger partial charge in [-0.1, -0.05) is 17.7 Å². The van der Waals surface area contributed by atoms with Gasteiger partial charge in [0.05, 0.1) is 9.95 Å². The van der Waals surface area contributed by atoms with Crippen LogP contribution in [0.15, 0.2) is 36.4 Å². The van der Waals surface area contributed by atoms with Gasteiger partial charge in [0.25, 0.3) is 11.6 Å². The number of carbonyl (C=O) groups excluding carboxylic acids is 1. The molecule has 0 spiro atoms. The lowest BCUT2D eigenvalue weighted by Crippen LogP contribution is -2.12. The Morgan fingerprint density at radius 1 is 1.29 bits per heavy atom. The molecule has 2 rings (SSSR count). The van der Waals surface area contributed by atoms with E-state index in [-0.39, 0.29) is 22.0 Å². The maximum absolute atomic E-state index is 12.1. The molecular weight excluding hydrogens is 296 g/mol. The van der Waals surface area contributed by atoms with E-state index in [1.165, 1.54) is 36.4 Å². The molecule has 2 aromatic rings. The lowest BCUT2D eigenvalue weighted by molar-refractivity contribution is -0.385. The Balaban J connectivity index is 2.26. The molecule has 1 amide bonds. The SMILES string of the molecule is Cc1ccc(C(=O)Nc2ccc(O)c(Cl)c2)cc1[N+](=O)[O-]. The molecule has 0 heterocycles. The number of halogens is 1. The van der Waals surface area contributed by atoms with Gasteiger partial charge in [0.2, 0.25) is 0 Å². The van der Waals surface area contributed by atoms with Crippen molar-refractivity contribution in [2.75, 3.05) is 5.32 Å². The standard InChI is InChI=1S/C14H11ClN2O4/c1-8-2-3-9(6-12(8)17(20)21)14(19)16-10-4-5-13(18)11(15)7-10/h2-7,18H,1H3,(H,16,19). The van der Waals surface area contributed by atoms with E-state index in [0.717, 1.165) is 0 Å². The Morgan fingerprint density at radius 2 is 2.00 bits per heavy atom. The van der Waals surface area contributed by atoms with Crippen molar-refractivity contribution in [1.82, 2.24) is 0 Å². The molecule has 0 saturated heterocycles. The molecule has 0 radical (unpaired) electrons. The van der Waals surface area contributed by atoms with Crippen molar-refractivity contribution in [1.29, 1.82) is 0 Å². The van der Waals surface area contributed by atoms with Crippen LogP contribution in [0.2, 0.25) is 5.02 Å². The van der Waals surface area contributed by atoms with Crippen LogP contribution < -0.4 is 5.32 Å². The molecule has 0 unspecified atom stereocenters. The quantitative estimate of drug-likeness (QED) is 0.515. The highest BCUT2D eigenvalue weighted by Crippen LogP contribution is 2.26. The molecule has 2 N–H and O–H groups in total. The van der Waals surface area contributed by atoms with Crippen LogP contribution in [-0.4, -0.2) is 15.9 Å². The van der Waals surface area contributed by atoms with Crippen molar-refractivity contribution in [3.63, 3.8) is 0 Å². The molecule has 0 aliphatic heterocycles. The van der Waals surface area contributed by atoms with E-state index in [1.54, 1.807) is 6.92 Å². The monoisotopic (exact) mass is 306 g/mol. The smallest absolute Gasteiger partial charge is 0.273 e. The second-order valence-corrected chi connectivity index (χ2v) is 4.79. The average molecular weight is 307 g/mol. The van der Waals surface area contributed by atoms with E-state index in [9.17, 15) is 20.0 Å². The number of nitro benzene ring substituents is 1. The van der Waals surface area contributed by atoms with Crippen LogP contribution in [0, 0.1) is 17.0 Å². The molecule has 6 nitrogen and oxygen atoms in total. The number of hydrogen-bond donors (Lipinski definition) is 2. The molecule has 0 aliphatic rings. The molecule has 0 atom stereocenters. The fourth-order valence-corrected chi connectivity index (χ4v) is 1.92. The Morgan fingerprint density at radius 3 is 2.62 bits per heavy atom. The molecule has 0 saturated carbocycles. The highest BCUT2D eigenvalue weighted by atomic mass is 35.5. The first-order valence-electron chi connectivity index (χ1n) is 5.93. The van der Waals surface area contributed by atoms with Crippen LogP contribution in [0.3, 0.4) is 0 Å². The van der Waals surface area contributed by atoms with Gasteiger partial charge in [-0.05, 0) is 31.2 Å². The largest absolute Gasteiger partial charge is 0.506 e. The minimum atomic E-state index is -0.538. The third kappa shape index (κ3) is 3.29. The van der Waals surface area contributed by atoms with Crippen molar-refractivity contribution in [3.05, 3.63) is 62.7 Å². The van der Waals surface area contributed by atoms with Crippen LogP contribution >= 0.6 is 11.6 Å². The number of anilines is 1. The zero-order chi connectivity index (χ0) is 15.6. The maximum atomic E-state index is 12.1. The lowest BCUT2D eigenvalue weighted by atomic mass is 10.1. The highest BCUT2D eigenvalue weighted by Gasteiger charge is 2.15. The Bertz CT molecular complexity index is 731. The third-order valence-electron chi connectivity index (χ3n) is 2.87. The van der Waals surface area contributed by atoms with Crippen LogP contribution in [-0.2, 0) is 0 Å². The number of nitrogens with zero attached hydrogens (tertiary/aromatic N) is 1. The number of nitro groups is 1. The molecule has 2 aromatic carbocycles. The first-order chi connectivity index (χ1) is 9.88. The summed E-state index contributed by atoms with van der Waals surface area (Å²) in [6.45, 7) is 1.60. The zero-order valence-corrected chi connectivity index (χ0v) is 11.7. The summed E-state index contributed by atoms with van der Waals surface area (Å²) in [7, 11) is 0. The van der Waals surface area contributed by atoms with Gasteiger partial charge < -0.3 is 10.4 Å². The molecule has 21 heavy (non-hydrogen) atoms. The Kier molecular flexibility index (Phi) is 4.09. The molecule has 0 aliphatic carbocycles. The fraction of sp³-hybridized carbons (Fsp3) is 0.0714. The van der Waals surface area contributed by atoms with E-state index in [2.05, 4.69) is 5.32 Å². The van der Waals surface area contributed by atoms with Crippen LogP contribution in [0.1, 0.15) is 15.9 Å². The predicted octanol–water partition coefficient (Wildman–Crippen LogP) is 3.51. The van der Waals surface area contributed by atoms with Crippen molar-refractivity contribution in [2.45, 2.75) is 6.92 Å². The number of aryl methyl sites for hydroxylation is 1. The number of rotatable bonds is 3. The number of benzene rings is 2. The van der Waals surface area contributed by atoms with Gasteiger partial charge in [-0.3, -0.25) is 14.9 Å². The fourth-order valence-electron chi connectivity index (χ4n) is 1.74. The molecule has 108 valence electrons. The summed E-state index contributed by atoms with van der Waals surface area (Å²) in [5, 5.41) is 22.8. The third-order valence-corrected chi connectivity index (χ3v) is 3.18. The Hall–Kier alpha value is -2.60. The van der Waals surface area contributed by atoms with E-state index in [1.807, 2.05) is 0 Å². The molecular formula is C14H11ClN2O4.